The fraction of sp³-hybridized carbons (Fsp3) is 0.143. The molecule has 3 aromatic carbocycles. The Morgan fingerprint density at radius 1 is 1.08 bits per heavy atom. The van der Waals surface area contributed by atoms with Crippen LogP contribution in [0, 0.1) is 0 Å². The van der Waals surface area contributed by atoms with Gasteiger partial charge in [0.1, 0.15) is 5.82 Å². The second-order valence-corrected chi connectivity index (χ2v) is 9.45. The number of para-hydroxylation sites is 1. The Kier molecular flexibility index (Phi) is 6.52. The molecule has 0 aliphatic heterocycles. The molecule has 0 aliphatic rings. The van der Waals surface area contributed by atoms with E-state index in [4.69, 9.17) is 4.98 Å². The minimum absolute atomic E-state index is 0.213. The second kappa shape index (κ2) is 9.91. The summed E-state index contributed by atoms with van der Waals surface area (Å²) in [6.45, 7) is 2.54. The average Bonchev–Trinajstić information content (AvgIpc) is 3.22. The first-order chi connectivity index (χ1) is 17.4. The van der Waals surface area contributed by atoms with E-state index in [0.717, 1.165) is 32.9 Å². The van der Waals surface area contributed by atoms with Gasteiger partial charge >= 0.3 is 5.97 Å². The molecule has 1 N–H and O–H groups in total. The maximum atomic E-state index is 13.3. The normalized spacial score (nSPS) is 11.6. The average molecular weight is 543 g/mol. The lowest BCUT2D eigenvalue weighted by Crippen LogP contribution is -2.22. The molecule has 0 atom stereocenters. The number of nitrogens with zero attached hydrogens (tertiary/aromatic N) is 4. The van der Waals surface area contributed by atoms with Crippen molar-refractivity contribution in [3.05, 3.63) is 110 Å². The number of benzene rings is 3. The van der Waals surface area contributed by atoms with E-state index in [9.17, 15) is 14.7 Å². The van der Waals surface area contributed by atoms with Crippen molar-refractivity contribution in [2.75, 3.05) is 0 Å². The molecule has 0 fully saturated rings. The number of carboxylic acid groups (broad SMARTS) is 1. The van der Waals surface area contributed by atoms with Gasteiger partial charge in [-0.3, -0.25) is 4.79 Å². The molecule has 7 nitrogen and oxygen atoms in total. The number of carbonyl (C=O) groups is 1. The molecule has 8 heteroatoms. The van der Waals surface area contributed by atoms with Crippen molar-refractivity contribution >= 4 is 49.9 Å². The minimum Gasteiger partial charge on any atom is -0.478 e. The number of aromatic nitrogens is 3. The lowest BCUT2D eigenvalue weighted by Gasteiger charge is -2.08. The van der Waals surface area contributed by atoms with Gasteiger partial charge in [0.15, 0.2) is 0 Å². The van der Waals surface area contributed by atoms with Crippen LogP contribution in [0.15, 0.2) is 87.3 Å². The summed E-state index contributed by atoms with van der Waals surface area (Å²) in [6.07, 6.45) is 5.12. The van der Waals surface area contributed by atoms with Crippen LogP contribution in [0.1, 0.15) is 40.7 Å². The van der Waals surface area contributed by atoms with Crippen LogP contribution < -0.4 is 5.56 Å². The number of aryl methyl sites for hydroxylation is 1. The van der Waals surface area contributed by atoms with E-state index in [1.54, 1.807) is 30.5 Å². The fourth-order valence-corrected chi connectivity index (χ4v) is 4.69. The first kappa shape index (κ1) is 23.7. The van der Waals surface area contributed by atoms with Crippen LogP contribution in [-0.2, 0) is 13.0 Å². The zero-order valence-corrected chi connectivity index (χ0v) is 21.1. The van der Waals surface area contributed by atoms with Crippen molar-refractivity contribution in [1.82, 2.24) is 14.2 Å². The third-order valence-electron chi connectivity index (χ3n) is 6.01. The van der Waals surface area contributed by atoms with Gasteiger partial charge in [-0.25, -0.2) is 9.78 Å². The SMILES string of the molecule is CCCc1nc2ccc(Br)cc2c(=O)n1N=Cc1cn(Cc2cccc(C(=O)O)c2)c2ccccc12. The molecule has 0 radical (unpaired) electrons. The molecule has 0 saturated heterocycles. The van der Waals surface area contributed by atoms with Crippen LogP contribution in [0.25, 0.3) is 21.8 Å². The second-order valence-electron chi connectivity index (χ2n) is 8.54. The molecule has 36 heavy (non-hydrogen) atoms. The molecule has 0 bridgehead atoms. The predicted molar refractivity (Wildman–Crippen MR) is 145 cm³/mol. The van der Waals surface area contributed by atoms with Crippen molar-refractivity contribution in [3.63, 3.8) is 0 Å². The monoisotopic (exact) mass is 542 g/mol. The zero-order valence-electron chi connectivity index (χ0n) is 19.6. The summed E-state index contributed by atoms with van der Waals surface area (Å²) in [6, 6.07) is 20.3. The van der Waals surface area contributed by atoms with Crippen molar-refractivity contribution in [2.24, 2.45) is 5.10 Å². The highest BCUT2D eigenvalue weighted by atomic mass is 79.9. The zero-order chi connectivity index (χ0) is 25.2. The van der Waals surface area contributed by atoms with E-state index < -0.39 is 5.97 Å². The van der Waals surface area contributed by atoms with E-state index in [-0.39, 0.29) is 11.1 Å². The molecule has 2 heterocycles. The topological polar surface area (TPSA) is 89.5 Å². The first-order valence-corrected chi connectivity index (χ1v) is 12.4. The molecular weight excluding hydrogens is 520 g/mol. The number of hydrogen-bond donors (Lipinski definition) is 1. The largest absolute Gasteiger partial charge is 0.478 e. The van der Waals surface area contributed by atoms with Crippen LogP contribution in [0.4, 0.5) is 0 Å². The third-order valence-corrected chi connectivity index (χ3v) is 6.50. The van der Waals surface area contributed by atoms with Gasteiger partial charge in [0.2, 0.25) is 0 Å². The van der Waals surface area contributed by atoms with Crippen molar-refractivity contribution in [2.45, 2.75) is 26.3 Å². The number of rotatable bonds is 7. The van der Waals surface area contributed by atoms with E-state index in [2.05, 4.69) is 25.6 Å². The van der Waals surface area contributed by atoms with Gasteiger partial charge in [0, 0.05) is 40.1 Å². The highest BCUT2D eigenvalue weighted by Gasteiger charge is 2.12. The van der Waals surface area contributed by atoms with Crippen molar-refractivity contribution < 1.29 is 9.90 Å². The highest BCUT2D eigenvalue weighted by Crippen LogP contribution is 2.22. The summed E-state index contributed by atoms with van der Waals surface area (Å²) >= 11 is 3.44. The van der Waals surface area contributed by atoms with Gasteiger partial charge < -0.3 is 9.67 Å². The number of hydrogen-bond acceptors (Lipinski definition) is 4. The van der Waals surface area contributed by atoms with Crippen molar-refractivity contribution in [1.29, 1.82) is 0 Å². The Morgan fingerprint density at radius 2 is 1.92 bits per heavy atom. The van der Waals surface area contributed by atoms with Gasteiger partial charge in [-0.2, -0.15) is 9.78 Å². The molecule has 0 aliphatic carbocycles. The Labute approximate surface area is 215 Å². The minimum atomic E-state index is -0.952. The molecule has 0 saturated carbocycles. The molecule has 0 unspecified atom stereocenters. The standard InChI is InChI=1S/C28H23BrN4O3/c1-2-6-26-31-24-12-11-21(29)14-23(24)27(34)33(26)30-15-20-17-32(25-10-4-3-9-22(20)25)16-18-7-5-8-19(13-18)28(35)36/h3-5,7-15,17H,2,6,16H2,1H3,(H,35,36). The summed E-state index contributed by atoms with van der Waals surface area (Å²) in [5, 5.41) is 15.4. The number of halogens is 1. The summed E-state index contributed by atoms with van der Waals surface area (Å²) in [4.78, 5) is 29.4. The predicted octanol–water partition coefficient (Wildman–Crippen LogP) is 5.69. The number of carboxylic acids is 1. The molecule has 5 aromatic rings. The molecule has 180 valence electrons. The van der Waals surface area contributed by atoms with Crippen LogP contribution in [0.3, 0.4) is 0 Å². The van der Waals surface area contributed by atoms with Gasteiger partial charge in [-0.15, -0.1) is 0 Å². The van der Waals surface area contributed by atoms with Gasteiger partial charge in [0.25, 0.3) is 5.56 Å². The van der Waals surface area contributed by atoms with E-state index in [1.807, 2.05) is 55.6 Å². The summed E-state index contributed by atoms with van der Waals surface area (Å²) in [5.74, 6) is -0.339. The highest BCUT2D eigenvalue weighted by molar-refractivity contribution is 9.10. The van der Waals surface area contributed by atoms with Crippen LogP contribution >= 0.6 is 15.9 Å². The Bertz CT molecular complexity index is 1700. The van der Waals surface area contributed by atoms with E-state index >= 15 is 0 Å². The third kappa shape index (κ3) is 4.59. The fourth-order valence-electron chi connectivity index (χ4n) is 4.33. The molecule has 0 spiro atoms. The quantitative estimate of drug-likeness (QED) is 0.267. The maximum absolute atomic E-state index is 13.3. The Hall–Kier alpha value is -4.04. The first-order valence-electron chi connectivity index (χ1n) is 11.6. The van der Waals surface area contributed by atoms with Gasteiger partial charge in [0.05, 0.1) is 22.7 Å². The van der Waals surface area contributed by atoms with Crippen molar-refractivity contribution in [3.8, 4) is 0 Å². The summed E-state index contributed by atoms with van der Waals surface area (Å²) in [5.41, 5.74) is 3.41. The molecule has 0 amide bonds. The smallest absolute Gasteiger partial charge is 0.335 e. The molecular formula is C28H23BrN4O3. The lowest BCUT2D eigenvalue weighted by molar-refractivity contribution is 0.0696. The van der Waals surface area contributed by atoms with Crippen LogP contribution in [0.2, 0.25) is 0 Å². The van der Waals surface area contributed by atoms with Crippen LogP contribution in [0.5, 0.6) is 0 Å². The molecule has 5 rings (SSSR count). The summed E-state index contributed by atoms with van der Waals surface area (Å²) in [7, 11) is 0. The van der Waals surface area contributed by atoms with Gasteiger partial charge in [-0.05, 0) is 48.4 Å². The van der Waals surface area contributed by atoms with Crippen LogP contribution in [-0.4, -0.2) is 31.5 Å². The Morgan fingerprint density at radius 3 is 2.72 bits per heavy atom. The van der Waals surface area contributed by atoms with E-state index in [1.165, 1.54) is 4.68 Å². The Balaban J connectivity index is 1.58. The summed E-state index contributed by atoms with van der Waals surface area (Å²) < 4.78 is 4.26. The van der Waals surface area contributed by atoms with E-state index in [0.29, 0.717) is 29.7 Å². The number of aromatic carboxylic acids is 1. The maximum Gasteiger partial charge on any atom is 0.335 e. The molecule has 2 aromatic heterocycles. The van der Waals surface area contributed by atoms with Gasteiger partial charge in [-0.1, -0.05) is 53.2 Å². The number of fused-ring (bicyclic) bond motifs is 2. The lowest BCUT2D eigenvalue weighted by atomic mass is 10.1.